The minimum Gasteiger partial charge on any atom is -0.481 e. The molecule has 116 valence electrons. The van der Waals surface area contributed by atoms with Gasteiger partial charge in [0, 0.05) is 6.04 Å². The molecule has 21 heavy (non-hydrogen) atoms. The lowest BCUT2D eigenvalue weighted by atomic mass is 9.79. The summed E-state index contributed by atoms with van der Waals surface area (Å²) in [6.45, 7) is 12.3. The number of hydrogen-bond donors (Lipinski definition) is 1. The summed E-state index contributed by atoms with van der Waals surface area (Å²) >= 11 is 0. The maximum Gasteiger partial charge on any atom is 0.309 e. The number of likely N-dealkylation sites (tertiary alicyclic amines) is 1. The van der Waals surface area contributed by atoms with Crippen LogP contribution in [0.25, 0.3) is 0 Å². The van der Waals surface area contributed by atoms with Gasteiger partial charge in [-0.2, -0.15) is 0 Å². The second kappa shape index (κ2) is 5.80. The van der Waals surface area contributed by atoms with E-state index >= 15 is 0 Å². The van der Waals surface area contributed by atoms with Crippen LogP contribution in [0.2, 0.25) is 0 Å². The number of piperidine rings is 1. The molecule has 1 unspecified atom stereocenters. The smallest absolute Gasteiger partial charge is 0.309 e. The van der Waals surface area contributed by atoms with E-state index in [1.807, 2.05) is 6.92 Å². The number of aliphatic carboxylic acids is 1. The third kappa shape index (κ3) is 3.13. The Balaban J connectivity index is 2.16. The summed E-state index contributed by atoms with van der Waals surface area (Å²) in [4.78, 5) is 13.8. The molecular formula is C18H27NO2. The molecule has 0 amide bonds. The van der Waals surface area contributed by atoms with Gasteiger partial charge in [0.05, 0.1) is 5.41 Å². The van der Waals surface area contributed by atoms with Crippen molar-refractivity contribution in [1.82, 2.24) is 4.90 Å². The molecule has 1 aliphatic heterocycles. The van der Waals surface area contributed by atoms with E-state index in [4.69, 9.17) is 0 Å². The van der Waals surface area contributed by atoms with Crippen LogP contribution in [-0.4, -0.2) is 29.1 Å². The van der Waals surface area contributed by atoms with E-state index < -0.39 is 11.4 Å². The van der Waals surface area contributed by atoms with E-state index in [0.29, 0.717) is 6.04 Å². The maximum atomic E-state index is 11.3. The molecule has 1 N–H and O–H groups in total. The van der Waals surface area contributed by atoms with Crippen LogP contribution in [0, 0.1) is 26.2 Å². The fourth-order valence-corrected chi connectivity index (χ4v) is 3.65. The van der Waals surface area contributed by atoms with E-state index in [-0.39, 0.29) is 0 Å². The first-order valence-electron chi connectivity index (χ1n) is 7.80. The van der Waals surface area contributed by atoms with E-state index in [0.717, 1.165) is 25.9 Å². The van der Waals surface area contributed by atoms with Gasteiger partial charge in [-0.25, -0.2) is 0 Å². The van der Waals surface area contributed by atoms with Crippen LogP contribution in [0.1, 0.15) is 55.0 Å². The van der Waals surface area contributed by atoms with Gasteiger partial charge in [0.2, 0.25) is 0 Å². The zero-order valence-electron chi connectivity index (χ0n) is 13.9. The van der Waals surface area contributed by atoms with E-state index in [9.17, 15) is 9.90 Å². The third-order valence-corrected chi connectivity index (χ3v) is 5.12. The van der Waals surface area contributed by atoms with Crippen molar-refractivity contribution in [2.24, 2.45) is 5.41 Å². The quantitative estimate of drug-likeness (QED) is 0.918. The maximum absolute atomic E-state index is 11.3. The van der Waals surface area contributed by atoms with E-state index in [1.54, 1.807) is 0 Å². The molecule has 3 heteroatoms. The molecule has 0 radical (unpaired) electrons. The fourth-order valence-electron chi connectivity index (χ4n) is 3.65. The van der Waals surface area contributed by atoms with Crippen molar-refractivity contribution in [3.63, 3.8) is 0 Å². The highest BCUT2D eigenvalue weighted by Gasteiger charge is 2.38. The summed E-state index contributed by atoms with van der Waals surface area (Å²) < 4.78 is 0. The average molecular weight is 289 g/mol. The second-order valence-corrected chi connectivity index (χ2v) is 6.89. The summed E-state index contributed by atoms with van der Waals surface area (Å²) in [6.07, 6.45) is 1.47. The molecular weight excluding hydrogens is 262 g/mol. The Hall–Kier alpha value is -1.35. The Bertz CT molecular complexity index is 519. The molecule has 0 aliphatic carbocycles. The van der Waals surface area contributed by atoms with Crippen LogP contribution in [0.5, 0.6) is 0 Å². The molecule has 1 aromatic rings. The van der Waals surface area contributed by atoms with Crippen LogP contribution in [0.3, 0.4) is 0 Å². The molecule has 2 rings (SSSR count). The van der Waals surface area contributed by atoms with E-state index in [1.165, 1.54) is 22.3 Å². The summed E-state index contributed by atoms with van der Waals surface area (Å²) in [5.74, 6) is -0.655. The van der Waals surface area contributed by atoms with Gasteiger partial charge in [0.15, 0.2) is 0 Å². The summed E-state index contributed by atoms with van der Waals surface area (Å²) in [5.41, 5.74) is 4.84. The first kappa shape index (κ1) is 16.0. The zero-order valence-corrected chi connectivity index (χ0v) is 13.9. The number of carbonyl (C=O) groups is 1. The number of benzene rings is 1. The van der Waals surface area contributed by atoms with Crippen molar-refractivity contribution in [3.05, 3.63) is 34.4 Å². The molecule has 0 saturated carbocycles. The molecule has 1 aromatic carbocycles. The highest BCUT2D eigenvalue weighted by molar-refractivity contribution is 5.74. The molecule has 1 aliphatic rings. The molecule has 1 atom stereocenters. The Morgan fingerprint density at radius 2 is 1.67 bits per heavy atom. The van der Waals surface area contributed by atoms with Gasteiger partial charge in [-0.1, -0.05) is 17.7 Å². The lowest BCUT2D eigenvalue weighted by molar-refractivity contribution is -0.151. The predicted molar refractivity (Wildman–Crippen MR) is 85.6 cm³/mol. The van der Waals surface area contributed by atoms with Crippen LogP contribution in [0.4, 0.5) is 0 Å². The summed E-state index contributed by atoms with van der Waals surface area (Å²) in [5, 5.41) is 9.34. The van der Waals surface area contributed by atoms with Crippen molar-refractivity contribution in [2.75, 3.05) is 13.1 Å². The van der Waals surface area contributed by atoms with Gasteiger partial charge in [0.1, 0.15) is 0 Å². The van der Waals surface area contributed by atoms with Crippen molar-refractivity contribution < 1.29 is 9.90 Å². The van der Waals surface area contributed by atoms with Crippen LogP contribution in [-0.2, 0) is 4.79 Å². The molecule has 1 heterocycles. The number of hydrogen-bond acceptors (Lipinski definition) is 2. The number of aryl methyl sites for hydroxylation is 3. The Labute approximate surface area is 128 Å². The second-order valence-electron chi connectivity index (χ2n) is 6.89. The number of nitrogens with zero attached hydrogens (tertiary/aromatic N) is 1. The number of carboxylic acids is 1. The monoisotopic (exact) mass is 289 g/mol. The Kier molecular flexibility index (Phi) is 4.43. The average Bonchev–Trinajstić information content (AvgIpc) is 2.38. The van der Waals surface area contributed by atoms with Crippen molar-refractivity contribution in [3.8, 4) is 0 Å². The first-order chi connectivity index (χ1) is 9.74. The highest BCUT2D eigenvalue weighted by Crippen LogP contribution is 2.36. The first-order valence-corrected chi connectivity index (χ1v) is 7.80. The van der Waals surface area contributed by atoms with Gasteiger partial charge >= 0.3 is 5.97 Å². The lowest BCUT2D eigenvalue weighted by Gasteiger charge is -2.40. The van der Waals surface area contributed by atoms with Crippen LogP contribution in [0.15, 0.2) is 12.1 Å². The predicted octanol–water partition coefficient (Wildman–Crippen LogP) is 3.86. The van der Waals surface area contributed by atoms with Gasteiger partial charge < -0.3 is 5.11 Å². The normalized spacial score (nSPS) is 20.2. The SMILES string of the molecule is Cc1cc(C)c(C(C)N2CCC(C)(C(=O)O)CC2)c(C)c1. The van der Waals surface area contributed by atoms with Crippen LogP contribution < -0.4 is 0 Å². The molecule has 3 nitrogen and oxygen atoms in total. The van der Waals surface area contributed by atoms with E-state index in [2.05, 4.69) is 44.7 Å². The highest BCUT2D eigenvalue weighted by atomic mass is 16.4. The van der Waals surface area contributed by atoms with Gasteiger partial charge in [-0.05, 0) is 77.2 Å². The van der Waals surface area contributed by atoms with Gasteiger partial charge in [-0.3, -0.25) is 9.69 Å². The Morgan fingerprint density at radius 1 is 1.19 bits per heavy atom. The molecule has 1 fully saturated rings. The van der Waals surface area contributed by atoms with Crippen molar-refractivity contribution >= 4 is 5.97 Å². The fraction of sp³-hybridized carbons (Fsp3) is 0.611. The summed E-state index contributed by atoms with van der Waals surface area (Å²) in [7, 11) is 0. The minimum absolute atomic E-state index is 0.351. The third-order valence-electron chi connectivity index (χ3n) is 5.12. The minimum atomic E-state index is -0.655. The largest absolute Gasteiger partial charge is 0.481 e. The van der Waals surface area contributed by atoms with Crippen molar-refractivity contribution in [1.29, 1.82) is 0 Å². The van der Waals surface area contributed by atoms with Crippen LogP contribution >= 0.6 is 0 Å². The lowest BCUT2D eigenvalue weighted by Crippen LogP contribution is -2.43. The summed E-state index contributed by atoms with van der Waals surface area (Å²) in [6, 6.07) is 4.83. The standard InChI is InChI=1S/C18H27NO2/c1-12-10-13(2)16(14(3)11-12)15(4)19-8-6-18(5,7-9-19)17(20)21/h10-11,15H,6-9H2,1-5H3,(H,20,21). The van der Waals surface area contributed by atoms with Gasteiger partial charge in [-0.15, -0.1) is 0 Å². The molecule has 1 saturated heterocycles. The molecule has 0 spiro atoms. The number of rotatable bonds is 3. The Morgan fingerprint density at radius 3 is 2.10 bits per heavy atom. The van der Waals surface area contributed by atoms with Gasteiger partial charge in [0.25, 0.3) is 0 Å². The van der Waals surface area contributed by atoms with Crippen molar-refractivity contribution in [2.45, 2.75) is 53.5 Å². The molecule has 0 aromatic heterocycles. The zero-order chi connectivity index (χ0) is 15.8. The molecule has 0 bridgehead atoms. The topological polar surface area (TPSA) is 40.5 Å². The number of carboxylic acid groups (broad SMARTS) is 1.